The van der Waals surface area contributed by atoms with Gasteiger partial charge in [0.2, 0.25) is 0 Å². The maximum atomic E-state index is 12.5. The van der Waals surface area contributed by atoms with E-state index in [-0.39, 0.29) is 24.4 Å². The molecule has 4 rings (SSSR count). The van der Waals surface area contributed by atoms with Crippen LogP contribution in [0.25, 0.3) is 16.6 Å². The molecular formula is C19H17N5O4. The first-order valence-corrected chi connectivity index (χ1v) is 8.59. The number of aromatic amines is 1. The number of H-pyrrole nitrogens is 1. The van der Waals surface area contributed by atoms with E-state index in [1.165, 1.54) is 4.52 Å². The molecule has 2 aromatic heterocycles. The molecule has 0 spiro atoms. The highest BCUT2D eigenvalue weighted by Crippen LogP contribution is 2.25. The fraction of sp³-hybridized carbons (Fsp3) is 0.158. The highest BCUT2D eigenvalue weighted by Gasteiger charge is 2.19. The number of carbonyl (C=O) groups is 1. The van der Waals surface area contributed by atoms with E-state index >= 15 is 0 Å². The van der Waals surface area contributed by atoms with E-state index in [4.69, 9.17) is 9.47 Å². The van der Waals surface area contributed by atoms with Crippen molar-refractivity contribution in [1.82, 2.24) is 25.1 Å². The van der Waals surface area contributed by atoms with Gasteiger partial charge in [-0.2, -0.15) is 0 Å². The molecule has 0 atom stereocenters. The van der Waals surface area contributed by atoms with E-state index in [0.717, 1.165) is 0 Å². The Morgan fingerprint density at radius 1 is 1.14 bits per heavy atom. The fourth-order valence-corrected chi connectivity index (χ4v) is 2.90. The molecule has 0 aliphatic rings. The van der Waals surface area contributed by atoms with E-state index in [2.05, 4.69) is 20.6 Å². The standard InChI is InChI=1S/C19H17N5O4/c1-27-14-8-4-5-9-15(14)28-11-10-20-18(25)16-17-19(26)21-12-6-2-3-7-13(12)24(17)23-22-16/h2-9H,10-11H2,1H3,(H,20,25)(H,21,26). The molecule has 2 heterocycles. The van der Waals surface area contributed by atoms with E-state index < -0.39 is 11.5 Å². The van der Waals surface area contributed by atoms with Gasteiger partial charge in [-0.3, -0.25) is 9.59 Å². The summed E-state index contributed by atoms with van der Waals surface area (Å²) >= 11 is 0. The molecule has 0 bridgehead atoms. The van der Waals surface area contributed by atoms with Crippen LogP contribution in [0.1, 0.15) is 10.5 Å². The third-order valence-corrected chi connectivity index (χ3v) is 4.20. The fourth-order valence-electron chi connectivity index (χ4n) is 2.90. The van der Waals surface area contributed by atoms with Crippen LogP contribution in [0.5, 0.6) is 11.5 Å². The average molecular weight is 379 g/mol. The zero-order valence-corrected chi connectivity index (χ0v) is 15.0. The molecule has 2 N–H and O–H groups in total. The number of amides is 1. The van der Waals surface area contributed by atoms with Crippen LogP contribution in [0, 0.1) is 0 Å². The Morgan fingerprint density at radius 3 is 2.71 bits per heavy atom. The normalized spacial score (nSPS) is 10.9. The second-order valence-corrected chi connectivity index (χ2v) is 5.92. The average Bonchev–Trinajstić information content (AvgIpc) is 3.18. The largest absolute Gasteiger partial charge is 0.493 e. The lowest BCUT2D eigenvalue weighted by Crippen LogP contribution is -2.29. The SMILES string of the molecule is COc1ccccc1OCCNC(=O)c1nnn2c1c(=O)[nH]c1ccccc12. The Labute approximate surface area is 158 Å². The number of para-hydroxylation sites is 4. The van der Waals surface area contributed by atoms with Gasteiger partial charge in [-0.25, -0.2) is 4.52 Å². The second kappa shape index (κ2) is 7.39. The van der Waals surface area contributed by atoms with Crippen molar-refractivity contribution >= 4 is 22.5 Å². The molecule has 0 fully saturated rings. The number of methoxy groups -OCH3 is 1. The van der Waals surface area contributed by atoms with Crippen LogP contribution < -0.4 is 20.3 Å². The van der Waals surface area contributed by atoms with E-state index in [0.29, 0.717) is 22.5 Å². The smallest absolute Gasteiger partial charge is 0.277 e. The van der Waals surface area contributed by atoms with Crippen LogP contribution >= 0.6 is 0 Å². The Bertz CT molecular complexity index is 1210. The number of hydrogen-bond acceptors (Lipinski definition) is 6. The Kier molecular flexibility index (Phi) is 4.63. The molecule has 28 heavy (non-hydrogen) atoms. The molecule has 0 aliphatic heterocycles. The van der Waals surface area contributed by atoms with Crippen LogP contribution in [0.2, 0.25) is 0 Å². The molecule has 0 unspecified atom stereocenters. The molecular weight excluding hydrogens is 362 g/mol. The summed E-state index contributed by atoms with van der Waals surface area (Å²) in [6.45, 7) is 0.450. The number of ether oxygens (including phenoxy) is 2. The molecule has 1 amide bonds. The van der Waals surface area contributed by atoms with Crippen molar-refractivity contribution < 1.29 is 14.3 Å². The molecule has 0 aliphatic carbocycles. The van der Waals surface area contributed by atoms with Gasteiger partial charge in [0.25, 0.3) is 11.5 Å². The molecule has 0 saturated heterocycles. The highest BCUT2D eigenvalue weighted by atomic mass is 16.5. The molecule has 2 aromatic carbocycles. The molecule has 0 radical (unpaired) electrons. The van der Waals surface area contributed by atoms with Crippen molar-refractivity contribution in [3.63, 3.8) is 0 Å². The van der Waals surface area contributed by atoms with Crippen LogP contribution in [0.3, 0.4) is 0 Å². The molecule has 142 valence electrons. The molecule has 4 aromatic rings. The first-order chi connectivity index (χ1) is 13.7. The topological polar surface area (TPSA) is 111 Å². The summed E-state index contributed by atoms with van der Waals surface area (Å²) in [5, 5.41) is 10.5. The zero-order chi connectivity index (χ0) is 19.5. The minimum atomic E-state index is -0.501. The van der Waals surface area contributed by atoms with Gasteiger partial charge in [0.15, 0.2) is 22.7 Å². The number of benzene rings is 2. The van der Waals surface area contributed by atoms with Gasteiger partial charge >= 0.3 is 0 Å². The number of nitrogens with one attached hydrogen (secondary N) is 2. The molecule has 0 saturated carbocycles. The Hall–Kier alpha value is -3.88. The van der Waals surface area contributed by atoms with Gasteiger partial charge in [0.1, 0.15) is 6.61 Å². The predicted octanol–water partition coefficient (Wildman–Crippen LogP) is 1.39. The van der Waals surface area contributed by atoms with E-state index in [9.17, 15) is 9.59 Å². The number of fused-ring (bicyclic) bond motifs is 3. The minimum Gasteiger partial charge on any atom is -0.493 e. The van der Waals surface area contributed by atoms with Gasteiger partial charge in [-0.05, 0) is 24.3 Å². The highest BCUT2D eigenvalue weighted by molar-refractivity contribution is 5.99. The van der Waals surface area contributed by atoms with Crippen LogP contribution in [-0.4, -0.2) is 46.0 Å². The molecule has 9 nitrogen and oxygen atoms in total. The van der Waals surface area contributed by atoms with Crippen LogP contribution in [0.15, 0.2) is 53.3 Å². The number of aromatic nitrogens is 4. The first kappa shape index (κ1) is 17.5. The summed E-state index contributed by atoms with van der Waals surface area (Å²) in [6.07, 6.45) is 0. The van der Waals surface area contributed by atoms with Crippen LogP contribution in [-0.2, 0) is 0 Å². The maximum absolute atomic E-state index is 12.5. The van der Waals surface area contributed by atoms with Crippen molar-refractivity contribution in [2.45, 2.75) is 0 Å². The summed E-state index contributed by atoms with van der Waals surface area (Å²) in [5.41, 5.74) is 0.899. The van der Waals surface area contributed by atoms with Gasteiger partial charge in [0, 0.05) is 0 Å². The number of carbonyl (C=O) groups excluding carboxylic acids is 1. The van der Waals surface area contributed by atoms with Crippen molar-refractivity contribution in [1.29, 1.82) is 0 Å². The van der Waals surface area contributed by atoms with Crippen LogP contribution in [0.4, 0.5) is 0 Å². The van der Waals surface area contributed by atoms with Gasteiger partial charge in [-0.1, -0.05) is 29.5 Å². The van der Waals surface area contributed by atoms with Crippen molar-refractivity contribution in [3.8, 4) is 11.5 Å². The summed E-state index contributed by atoms with van der Waals surface area (Å²) in [5.74, 6) is 0.687. The monoisotopic (exact) mass is 379 g/mol. The van der Waals surface area contributed by atoms with Gasteiger partial charge in [0.05, 0.1) is 24.7 Å². The predicted molar refractivity (Wildman–Crippen MR) is 102 cm³/mol. The van der Waals surface area contributed by atoms with E-state index in [1.807, 2.05) is 18.2 Å². The number of nitrogens with zero attached hydrogens (tertiary/aromatic N) is 3. The maximum Gasteiger partial charge on any atom is 0.277 e. The summed E-state index contributed by atoms with van der Waals surface area (Å²) < 4.78 is 12.2. The lowest BCUT2D eigenvalue weighted by atomic mass is 10.3. The lowest BCUT2D eigenvalue weighted by molar-refractivity contribution is 0.0943. The number of rotatable bonds is 6. The van der Waals surface area contributed by atoms with Crippen molar-refractivity contribution in [2.24, 2.45) is 0 Å². The molecule has 9 heteroatoms. The summed E-state index contributed by atoms with van der Waals surface area (Å²) in [4.78, 5) is 27.6. The Morgan fingerprint density at radius 2 is 1.89 bits per heavy atom. The lowest BCUT2D eigenvalue weighted by Gasteiger charge is -2.10. The van der Waals surface area contributed by atoms with E-state index in [1.54, 1.807) is 37.4 Å². The zero-order valence-electron chi connectivity index (χ0n) is 15.0. The summed E-state index contributed by atoms with van der Waals surface area (Å²) in [7, 11) is 1.56. The number of hydrogen-bond donors (Lipinski definition) is 2. The Balaban J connectivity index is 1.49. The van der Waals surface area contributed by atoms with Gasteiger partial charge < -0.3 is 19.8 Å². The minimum absolute atomic E-state index is 0.0377. The summed E-state index contributed by atoms with van der Waals surface area (Å²) in [6, 6.07) is 14.4. The van der Waals surface area contributed by atoms with Crippen molar-refractivity contribution in [3.05, 3.63) is 64.6 Å². The van der Waals surface area contributed by atoms with Crippen molar-refractivity contribution in [2.75, 3.05) is 20.3 Å². The third kappa shape index (κ3) is 3.13. The third-order valence-electron chi connectivity index (χ3n) is 4.20. The quantitative estimate of drug-likeness (QED) is 0.490. The first-order valence-electron chi connectivity index (χ1n) is 8.59. The second-order valence-electron chi connectivity index (χ2n) is 5.92. The van der Waals surface area contributed by atoms with Gasteiger partial charge in [-0.15, -0.1) is 5.10 Å².